The third-order valence-electron chi connectivity index (χ3n) is 4.22. The molecule has 1 nitrogen and oxygen atoms in total. The predicted octanol–water partition coefficient (Wildman–Crippen LogP) is 5.15. The van der Waals surface area contributed by atoms with E-state index in [4.69, 9.17) is 0 Å². The minimum absolute atomic E-state index is 0.964. The van der Waals surface area contributed by atoms with Gasteiger partial charge in [0.25, 0.3) is 0 Å². The molecule has 0 bridgehead atoms. The molecule has 1 aliphatic rings. The van der Waals surface area contributed by atoms with Gasteiger partial charge in [0.1, 0.15) is 0 Å². The summed E-state index contributed by atoms with van der Waals surface area (Å²) in [7, 11) is 0. The Morgan fingerprint density at radius 3 is 2.50 bits per heavy atom. The van der Waals surface area contributed by atoms with E-state index in [1.54, 1.807) is 0 Å². The summed E-state index contributed by atoms with van der Waals surface area (Å²) in [6.45, 7) is 2.07. The zero-order valence-corrected chi connectivity index (χ0v) is 12.6. The van der Waals surface area contributed by atoms with Crippen molar-refractivity contribution in [1.29, 1.82) is 0 Å². The van der Waals surface area contributed by atoms with E-state index >= 15 is 0 Å². The highest BCUT2D eigenvalue weighted by Gasteiger charge is 2.18. The Hall–Kier alpha value is -2.67. The van der Waals surface area contributed by atoms with Crippen LogP contribution in [0.2, 0.25) is 0 Å². The van der Waals surface area contributed by atoms with Crippen molar-refractivity contribution in [2.45, 2.75) is 13.3 Å². The molecule has 0 unspecified atom stereocenters. The van der Waals surface area contributed by atoms with Crippen LogP contribution in [-0.2, 0) is 6.42 Å². The maximum Gasteiger partial charge on any atom is 0.0665 e. The van der Waals surface area contributed by atoms with Crippen molar-refractivity contribution in [2.75, 3.05) is 0 Å². The highest BCUT2D eigenvalue weighted by atomic mass is 14.7. The molecule has 1 heteroatoms. The van der Waals surface area contributed by atoms with Gasteiger partial charge in [0.2, 0.25) is 0 Å². The van der Waals surface area contributed by atoms with Crippen molar-refractivity contribution in [3.8, 4) is 11.1 Å². The Balaban J connectivity index is 1.80. The third-order valence-corrected chi connectivity index (χ3v) is 4.22. The molecule has 1 aromatic heterocycles. The Labute approximate surface area is 131 Å². The predicted molar refractivity (Wildman–Crippen MR) is 92.4 cm³/mol. The molecule has 1 aliphatic carbocycles. The maximum absolute atomic E-state index is 4.58. The first kappa shape index (κ1) is 13.0. The number of nitrogens with zero attached hydrogens (tertiary/aromatic N) is 1. The Morgan fingerprint density at radius 1 is 0.864 bits per heavy atom. The van der Waals surface area contributed by atoms with Gasteiger partial charge in [-0.05, 0) is 52.5 Å². The van der Waals surface area contributed by atoms with Crippen molar-refractivity contribution in [3.05, 3.63) is 89.2 Å². The second kappa shape index (κ2) is 5.27. The van der Waals surface area contributed by atoms with Gasteiger partial charge in [-0.3, -0.25) is 4.98 Å². The monoisotopic (exact) mass is 283 g/mol. The highest BCUT2D eigenvalue weighted by molar-refractivity contribution is 5.93. The first-order valence-electron chi connectivity index (χ1n) is 7.62. The van der Waals surface area contributed by atoms with Gasteiger partial charge in [-0.15, -0.1) is 0 Å². The standard InChI is InChI=1S/C21H17N/c1-15-10-11-21(22-14-15)18-12-17-8-5-9-19(20(17)13-18)16-6-3-2-4-7-16/h2-11,13-14H,12H2,1H3. The van der Waals surface area contributed by atoms with Crippen LogP contribution in [0.1, 0.15) is 22.4 Å². The van der Waals surface area contributed by atoms with E-state index in [0.29, 0.717) is 0 Å². The van der Waals surface area contributed by atoms with Gasteiger partial charge in [-0.1, -0.05) is 54.6 Å². The SMILES string of the molecule is Cc1ccc(C2=Cc3c(cccc3-c3ccccc3)C2)nc1. The average molecular weight is 283 g/mol. The van der Waals surface area contributed by atoms with Crippen molar-refractivity contribution in [2.24, 2.45) is 0 Å². The van der Waals surface area contributed by atoms with E-state index in [-0.39, 0.29) is 0 Å². The second-order valence-corrected chi connectivity index (χ2v) is 5.81. The van der Waals surface area contributed by atoms with Crippen LogP contribution in [0.3, 0.4) is 0 Å². The number of benzene rings is 2. The summed E-state index contributed by atoms with van der Waals surface area (Å²) in [6, 6.07) is 21.4. The number of aromatic nitrogens is 1. The summed E-state index contributed by atoms with van der Waals surface area (Å²) in [6.07, 6.45) is 5.21. The first-order valence-corrected chi connectivity index (χ1v) is 7.62. The van der Waals surface area contributed by atoms with Gasteiger partial charge < -0.3 is 0 Å². The van der Waals surface area contributed by atoms with Crippen molar-refractivity contribution < 1.29 is 0 Å². The molecular weight excluding hydrogens is 266 g/mol. The molecule has 0 atom stereocenters. The minimum atomic E-state index is 0.964. The van der Waals surface area contributed by atoms with Crippen LogP contribution in [0, 0.1) is 6.92 Å². The maximum atomic E-state index is 4.58. The van der Waals surface area contributed by atoms with Gasteiger partial charge >= 0.3 is 0 Å². The summed E-state index contributed by atoms with van der Waals surface area (Å²) < 4.78 is 0. The lowest BCUT2D eigenvalue weighted by atomic mass is 9.97. The number of pyridine rings is 1. The molecule has 4 rings (SSSR count). The molecule has 3 aromatic rings. The van der Waals surface area contributed by atoms with E-state index in [9.17, 15) is 0 Å². The number of aryl methyl sites for hydroxylation is 1. The topological polar surface area (TPSA) is 12.9 Å². The quantitative estimate of drug-likeness (QED) is 0.633. The summed E-state index contributed by atoms with van der Waals surface area (Å²) in [5.74, 6) is 0. The summed E-state index contributed by atoms with van der Waals surface area (Å²) in [5, 5.41) is 0. The molecule has 0 saturated carbocycles. The normalized spacial score (nSPS) is 12.9. The van der Waals surface area contributed by atoms with Gasteiger partial charge in [0.05, 0.1) is 5.69 Å². The van der Waals surface area contributed by atoms with E-state index in [1.807, 2.05) is 6.20 Å². The molecule has 0 saturated heterocycles. The van der Waals surface area contributed by atoms with Crippen LogP contribution >= 0.6 is 0 Å². The van der Waals surface area contributed by atoms with Crippen LogP contribution in [0.4, 0.5) is 0 Å². The summed E-state index contributed by atoms with van der Waals surface area (Å²) in [5.41, 5.74) is 8.89. The van der Waals surface area contributed by atoms with Gasteiger partial charge in [-0.25, -0.2) is 0 Å². The number of fused-ring (bicyclic) bond motifs is 1. The largest absolute Gasteiger partial charge is 0.256 e. The third kappa shape index (κ3) is 2.25. The van der Waals surface area contributed by atoms with Gasteiger partial charge in [-0.2, -0.15) is 0 Å². The molecule has 106 valence electrons. The smallest absolute Gasteiger partial charge is 0.0665 e. The number of allylic oxidation sites excluding steroid dienone is 1. The lowest BCUT2D eigenvalue weighted by Crippen LogP contribution is -1.90. The summed E-state index contributed by atoms with van der Waals surface area (Å²) in [4.78, 5) is 4.58. The van der Waals surface area contributed by atoms with Crippen molar-refractivity contribution >= 4 is 11.6 Å². The fourth-order valence-corrected chi connectivity index (χ4v) is 3.06. The molecule has 1 heterocycles. The fraction of sp³-hybridized carbons (Fsp3) is 0.0952. The molecule has 0 spiro atoms. The van der Waals surface area contributed by atoms with Crippen LogP contribution in [-0.4, -0.2) is 4.98 Å². The number of rotatable bonds is 2. The minimum Gasteiger partial charge on any atom is -0.256 e. The number of hydrogen-bond donors (Lipinski definition) is 0. The number of hydrogen-bond acceptors (Lipinski definition) is 1. The molecule has 0 amide bonds. The Bertz CT molecular complexity index is 843. The molecule has 2 aromatic carbocycles. The van der Waals surface area contributed by atoms with Crippen molar-refractivity contribution in [3.63, 3.8) is 0 Å². The molecule has 0 radical (unpaired) electrons. The fourth-order valence-electron chi connectivity index (χ4n) is 3.06. The first-order chi connectivity index (χ1) is 10.8. The van der Waals surface area contributed by atoms with E-state index < -0.39 is 0 Å². The van der Waals surface area contributed by atoms with Crippen molar-refractivity contribution in [1.82, 2.24) is 4.98 Å². The summed E-state index contributed by atoms with van der Waals surface area (Å²) >= 11 is 0. The van der Waals surface area contributed by atoms with Gasteiger partial charge in [0.15, 0.2) is 0 Å². The van der Waals surface area contributed by atoms with Crippen LogP contribution < -0.4 is 0 Å². The van der Waals surface area contributed by atoms with Crippen LogP contribution in [0.15, 0.2) is 66.9 Å². The Kier molecular flexibility index (Phi) is 3.12. The molecular formula is C21H17N. The average Bonchev–Trinajstić information content (AvgIpc) is 3.00. The molecule has 0 aliphatic heterocycles. The highest BCUT2D eigenvalue weighted by Crippen LogP contribution is 2.36. The molecule has 0 fully saturated rings. The van der Waals surface area contributed by atoms with Gasteiger partial charge in [0, 0.05) is 12.6 Å². The zero-order valence-electron chi connectivity index (χ0n) is 12.6. The lowest BCUT2D eigenvalue weighted by Gasteiger charge is -2.07. The Morgan fingerprint density at radius 2 is 1.73 bits per heavy atom. The lowest BCUT2D eigenvalue weighted by molar-refractivity contribution is 1.20. The molecule has 22 heavy (non-hydrogen) atoms. The van der Waals surface area contributed by atoms with Crippen LogP contribution in [0.25, 0.3) is 22.8 Å². The van der Waals surface area contributed by atoms with E-state index in [1.165, 1.54) is 33.4 Å². The second-order valence-electron chi connectivity index (χ2n) is 5.81. The van der Waals surface area contributed by atoms with Crippen LogP contribution in [0.5, 0.6) is 0 Å². The van der Waals surface area contributed by atoms with E-state index in [2.05, 4.69) is 78.6 Å². The molecule has 0 N–H and O–H groups in total. The zero-order chi connectivity index (χ0) is 14.9. The van der Waals surface area contributed by atoms with E-state index in [0.717, 1.165) is 12.1 Å².